The summed E-state index contributed by atoms with van der Waals surface area (Å²) in [5.41, 5.74) is 5.08. The van der Waals surface area contributed by atoms with Crippen molar-refractivity contribution < 1.29 is 4.42 Å². The van der Waals surface area contributed by atoms with Gasteiger partial charge in [0.05, 0.1) is 5.56 Å². The number of hydrogen-bond donors (Lipinski definition) is 0. The Bertz CT molecular complexity index is 1080. The van der Waals surface area contributed by atoms with Crippen LogP contribution in [0.1, 0.15) is 5.56 Å². The van der Waals surface area contributed by atoms with Crippen LogP contribution in [0, 0.1) is 6.92 Å². The molecule has 0 fully saturated rings. The van der Waals surface area contributed by atoms with Crippen LogP contribution in [0.15, 0.2) is 100 Å². The molecule has 0 unspecified atom stereocenters. The molecule has 2 heteroatoms. The first-order valence-corrected chi connectivity index (χ1v) is 8.58. The fraction of sp³-hybridized carbons (Fsp3) is 0.0417. The van der Waals surface area contributed by atoms with E-state index in [0.717, 1.165) is 27.8 Å². The zero-order chi connectivity index (χ0) is 17.9. The fourth-order valence-electron chi connectivity index (χ4n) is 3.04. The minimum absolute atomic E-state index is 0.326. The maximum Gasteiger partial charge on any atom is 0.344 e. The lowest BCUT2D eigenvalue weighted by molar-refractivity contribution is 0.530. The maximum atomic E-state index is 12.7. The first-order chi connectivity index (χ1) is 12.7. The second-order valence-corrected chi connectivity index (χ2v) is 6.29. The lowest BCUT2D eigenvalue weighted by atomic mass is 9.97. The Balaban J connectivity index is 1.97. The van der Waals surface area contributed by atoms with E-state index < -0.39 is 0 Å². The predicted molar refractivity (Wildman–Crippen MR) is 106 cm³/mol. The summed E-state index contributed by atoms with van der Waals surface area (Å²) in [6.45, 7) is 2.03. The highest BCUT2D eigenvalue weighted by atomic mass is 16.4. The van der Waals surface area contributed by atoms with Gasteiger partial charge in [0.25, 0.3) is 0 Å². The van der Waals surface area contributed by atoms with E-state index in [1.165, 1.54) is 0 Å². The van der Waals surface area contributed by atoms with Gasteiger partial charge in [-0.05, 0) is 24.1 Å². The molecule has 4 rings (SSSR count). The minimum atomic E-state index is -0.326. The summed E-state index contributed by atoms with van der Waals surface area (Å²) in [6, 6.07) is 29.6. The molecule has 0 aliphatic heterocycles. The first-order valence-electron chi connectivity index (χ1n) is 8.58. The zero-order valence-electron chi connectivity index (χ0n) is 14.5. The molecule has 0 bridgehead atoms. The second-order valence-electron chi connectivity index (χ2n) is 6.29. The molecule has 0 saturated heterocycles. The highest BCUT2D eigenvalue weighted by Gasteiger charge is 2.15. The van der Waals surface area contributed by atoms with E-state index in [-0.39, 0.29) is 5.63 Å². The van der Waals surface area contributed by atoms with Gasteiger partial charge in [-0.1, -0.05) is 90.5 Å². The molecule has 0 aliphatic rings. The molecule has 0 aliphatic carbocycles. The standard InChI is InChI=1S/C24H18O2/c1-17-12-14-19(15-13-17)22-16-21(18-8-4-2-5-9-18)23(26-24(22)25)20-10-6-3-7-11-20/h2-16H,1H3. The van der Waals surface area contributed by atoms with Crippen LogP contribution >= 0.6 is 0 Å². The molecule has 0 spiro atoms. The summed E-state index contributed by atoms with van der Waals surface area (Å²) < 4.78 is 5.81. The van der Waals surface area contributed by atoms with Gasteiger partial charge in [0.2, 0.25) is 0 Å². The van der Waals surface area contributed by atoms with Crippen LogP contribution in [0.3, 0.4) is 0 Å². The summed E-state index contributed by atoms with van der Waals surface area (Å²) >= 11 is 0. The summed E-state index contributed by atoms with van der Waals surface area (Å²) in [7, 11) is 0. The van der Waals surface area contributed by atoms with Crippen LogP contribution in [0.5, 0.6) is 0 Å². The van der Waals surface area contributed by atoms with Crippen molar-refractivity contribution in [2.75, 3.05) is 0 Å². The molecule has 0 amide bonds. The van der Waals surface area contributed by atoms with Gasteiger partial charge in [-0.3, -0.25) is 0 Å². The van der Waals surface area contributed by atoms with Crippen LogP contribution in [0.2, 0.25) is 0 Å². The lowest BCUT2D eigenvalue weighted by Crippen LogP contribution is -2.05. The molecule has 1 aromatic heterocycles. The Morgan fingerprint density at radius 1 is 0.615 bits per heavy atom. The predicted octanol–water partition coefficient (Wildman–Crippen LogP) is 5.95. The molecule has 0 N–H and O–H groups in total. The minimum Gasteiger partial charge on any atom is -0.422 e. The van der Waals surface area contributed by atoms with E-state index in [0.29, 0.717) is 11.3 Å². The van der Waals surface area contributed by atoms with E-state index in [4.69, 9.17) is 4.42 Å². The Hall–Kier alpha value is -3.39. The quantitative estimate of drug-likeness (QED) is 0.462. The average molecular weight is 338 g/mol. The van der Waals surface area contributed by atoms with E-state index in [1.54, 1.807) is 0 Å². The summed E-state index contributed by atoms with van der Waals surface area (Å²) in [5.74, 6) is 0.595. The van der Waals surface area contributed by atoms with E-state index in [2.05, 4.69) is 0 Å². The summed E-state index contributed by atoms with van der Waals surface area (Å²) in [6.07, 6.45) is 0. The van der Waals surface area contributed by atoms with Gasteiger partial charge in [-0.15, -0.1) is 0 Å². The van der Waals surface area contributed by atoms with Crippen molar-refractivity contribution in [2.45, 2.75) is 6.92 Å². The monoisotopic (exact) mass is 338 g/mol. The van der Waals surface area contributed by atoms with Crippen molar-refractivity contribution in [1.29, 1.82) is 0 Å². The van der Waals surface area contributed by atoms with Crippen molar-refractivity contribution in [3.8, 4) is 33.6 Å². The topological polar surface area (TPSA) is 30.2 Å². The van der Waals surface area contributed by atoms with Gasteiger partial charge in [0.1, 0.15) is 5.76 Å². The first kappa shape index (κ1) is 16.1. The molecular weight excluding hydrogens is 320 g/mol. The van der Waals surface area contributed by atoms with E-state index in [9.17, 15) is 4.79 Å². The van der Waals surface area contributed by atoms with Gasteiger partial charge < -0.3 is 4.42 Å². The van der Waals surface area contributed by atoms with Crippen molar-refractivity contribution in [2.24, 2.45) is 0 Å². The molecule has 1 heterocycles. The summed E-state index contributed by atoms with van der Waals surface area (Å²) in [5, 5.41) is 0. The highest BCUT2D eigenvalue weighted by Crippen LogP contribution is 2.33. The van der Waals surface area contributed by atoms with Gasteiger partial charge >= 0.3 is 5.63 Å². The maximum absolute atomic E-state index is 12.7. The van der Waals surface area contributed by atoms with Gasteiger partial charge in [0, 0.05) is 11.1 Å². The number of rotatable bonds is 3. The molecule has 26 heavy (non-hydrogen) atoms. The Morgan fingerprint density at radius 2 is 1.15 bits per heavy atom. The molecule has 0 radical (unpaired) electrons. The van der Waals surface area contributed by atoms with Gasteiger partial charge in [-0.2, -0.15) is 0 Å². The van der Waals surface area contributed by atoms with Crippen LogP contribution in [0.4, 0.5) is 0 Å². The number of benzene rings is 3. The molecule has 2 nitrogen and oxygen atoms in total. The molecule has 126 valence electrons. The van der Waals surface area contributed by atoms with Crippen molar-refractivity contribution in [3.63, 3.8) is 0 Å². The third-order valence-corrected chi connectivity index (χ3v) is 4.43. The number of aryl methyl sites for hydroxylation is 1. The fourth-order valence-corrected chi connectivity index (χ4v) is 3.04. The molecule has 0 saturated carbocycles. The van der Waals surface area contributed by atoms with E-state index >= 15 is 0 Å². The molecule has 0 atom stereocenters. The zero-order valence-corrected chi connectivity index (χ0v) is 14.5. The highest BCUT2D eigenvalue weighted by molar-refractivity contribution is 5.82. The van der Waals surface area contributed by atoms with Crippen LogP contribution in [-0.2, 0) is 0 Å². The third-order valence-electron chi connectivity index (χ3n) is 4.43. The smallest absolute Gasteiger partial charge is 0.344 e. The Kier molecular flexibility index (Phi) is 4.24. The molecule has 3 aromatic carbocycles. The van der Waals surface area contributed by atoms with Crippen LogP contribution in [-0.4, -0.2) is 0 Å². The second kappa shape index (κ2) is 6.85. The Labute approximate surface area is 152 Å². The van der Waals surface area contributed by atoms with Crippen LogP contribution < -0.4 is 5.63 Å². The van der Waals surface area contributed by atoms with Crippen LogP contribution in [0.25, 0.3) is 33.6 Å². The van der Waals surface area contributed by atoms with Gasteiger partial charge in [-0.25, -0.2) is 4.79 Å². The Morgan fingerprint density at radius 3 is 1.77 bits per heavy atom. The SMILES string of the molecule is Cc1ccc(-c2cc(-c3ccccc3)c(-c3ccccc3)oc2=O)cc1. The average Bonchev–Trinajstić information content (AvgIpc) is 2.70. The number of hydrogen-bond acceptors (Lipinski definition) is 2. The molecular formula is C24H18O2. The van der Waals surface area contributed by atoms with Crippen molar-refractivity contribution in [1.82, 2.24) is 0 Å². The van der Waals surface area contributed by atoms with Crippen molar-refractivity contribution in [3.05, 3.63) is 107 Å². The largest absolute Gasteiger partial charge is 0.422 e. The normalized spacial score (nSPS) is 10.7. The third kappa shape index (κ3) is 3.09. The van der Waals surface area contributed by atoms with Crippen molar-refractivity contribution >= 4 is 0 Å². The summed E-state index contributed by atoms with van der Waals surface area (Å²) in [4.78, 5) is 12.7. The van der Waals surface area contributed by atoms with Gasteiger partial charge in [0.15, 0.2) is 0 Å². The van der Waals surface area contributed by atoms with E-state index in [1.807, 2.05) is 97.9 Å². The lowest BCUT2D eigenvalue weighted by Gasteiger charge is -2.11. The molecule has 4 aromatic rings.